The van der Waals surface area contributed by atoms with Gasteiger partial charge in [-0.1, -0.05) is 13.8 Å². The SMILES string of the molecule is CCN(CC)CCCS(=O)(=O)[O-].CC[N+](CC)(CC)CC. The van der Waals surface area contributed by atoms with Crippen LogP contribution in [0.4, 0.5) is 0 Å². The first-order valence-corrected chi connectivity index (χ1v) is 9.82. The Labute approximate surface area is 132 Å². The van der Waals surface area contributed by atoms with E-state index in [0.717, 1.165) is 13.1 Å². The van der Waals surface area contributed by atoms with Gasteiger partial charge in [0.15, 0.2) is 0 Å². The zero-order chi connectivity index (χ0) is 16.9. The fraction of sp³-hybridized carbons (Fsp3) is 1.00. The Bertz CT molecular complexity index is 306. The van der Waals surface area contributed by atoms with E-state index in [0.29, 0.717) is 13.0 Å². The van der Waals surface area contributed by atoms with Crippen molar-refractivity contribution in [1.29, 1.82) is 0 Å². The maximum atomic E-state index is 10.2. The summed E-state index contributed by atoms with van der Waals surface area (Å²) in [5.74, 6) is -0.247. The molecule has 0 aromatic carbocycles. The molecule has 0 radical (unpaired) electrons. The van der Waals surface area contributed by atoms with Crippen molar-refractivity contribution in [3.63, 3.8) is 0 Å². The molecule has 0 fully saturated rings. The lowest BCUT2D eigenvalue weighted by molar-refractivity contribution is -0.921. The smallest absolute Gasteiger partial charge is 0.0946 e. The van der Waals surface area contributed by atoms with E-state index in [1.807, 2.05) is 13.8 Å². The summed E-state index contributed by atoms with van der Waals surface area (Å²) in [7, 11) is -4.01. The number of hydrogen-bond acceptors (Lipinski definition) is 4. The minimum Gasteiger partial charge on any atom is -0.748 e. The van der Waals surface area contributed by atoms with E-state index in [1.165, 1.54) is 30.7 Å². The van der Waals surface area contributed by atoms with Crippen molar-refractivity contribution >= 4 is 10.1 Å². The Morgan fingerprint density at radius 3 is 1.43 bits per heavy atom. The molecule has 0 unspecified atom stereocenters. The molecule has 0 aliphatic carbocycles. The molecule has 6 heteroatoms. The van der Waals surface area contributed by atoms with E-state index in [2.05, 4.69) is 32.6 Å². The quantitative estimate of drug-likeness (QED) is 0.456. The highest BCUT2D eigenvalue weighted by Crippen LogP contribution is 2.03. The fourth-order valence-corrected chi connectivity index (χ4v) is 2.83. The normalized spacial score (nSPS) is 12.2. The van der Waals surface area contributed by atoms with Crippen LogP contribution in [-0.2, 0) is 10.1 Å². The minimum absolute atomic E-state index is 0.247. The summed E-state index contributed by atoms with van der Waals surface area (Å²) in [6.45, 7) is 20.7. The van der Waals surface area contributed by atoms with Crippen molar-refractivity contribution in [3.8, 4) is 0 Å². The molecule has 21 heavy (non-hydrogen) atoms. The highest BCUT2D eigenvalue weighted by Gasteiger charge is 2.16. The van der Waals surface area contributed by atoms with E-state index < -0.39 is 10.1 Å². The van der Waals surface area contributed by atoms with Crippen LogP contribution in [0.2, 0.25) is 0 Å². The topological polar surface area (TPSA) is 60.4 Å². The van der Waals surface area contributed by atoms with Crippen LogP contribution in [-0.4, -0.2) is 73.9 Å². The van der Waals surface area contributed by atoms with Gasteiger partial charge in [0.2, 0.25) is 0 Å². The van der Waals surface area contributed by atoms with Crippen molar-refractivity contribution in [2.45, 2.75) is 48.0 Å². The van der Waals surface area contributed by atoms with E-state index >= 15 is 0 Å². The zero-order valence-corrected chi connectivity index (χ0v) is 15.7. The van der Waals surface area contributed by atoms with Crippen LogP contribution in [0.1, 0.15) is 48.0 Å². The standard InChI is InChI=1S/C8H20N.C7H17NO3S/c1-5-9(6-2,7-3)8-4;1-3-8(4-2)6-5-7-12(9,10)11/h5-8H2,1-4H3;3-7H2,1-2H3,(H,9,10,11)/q+1;/p-1. The van der Waals surface area contributed by atoms with Crippen molar-refractivity contribution in [2.75, 3.05) is 51.6 Å². The number of nitrogens with zero attached hydrogens (tertiary/aromatic N) is 2. The van der Waals surface area contributed by atoms with Gasteiger partial charge in [-0.3, -0.25) is 0 Å². The lowest BCUT2D eigenvalue weighted by atomic mass is 10.3. The molecule has 0 bridgehead atoms. The van der Waals surface area contributed by atoms with Crippen molar-refractivity contribution in [3.05, 3.63) is 0 Å². The second kappa shape index (κ2) is 12.4. The Morgan fingerprint density at radius 2 is 1.24 bits per heavy atom. The summed E-state index contributed by atoms with van der Waals surface area (Å²) in [6, 6.07) is 0. The first-order chi connectivity index (χ1) is 9.74. The summed E-state index contributed by atoms with van der Waals surface area (Å²) in [6.07, 6.45) is 0.438. The Morgan fingerprint density at radius 1 is 0.857 bits per heavy atom. The van der Waals surface area contributed by atoms with Gasteiger partial charge in [0.05, 0.1) is 36.3 Å². The fourth-order valence-electron chi connectivity index (χ4n) is 2.35. The van der Waals surface area contributed by atoms with Gasteiger partial charge in [-0.2, -0.15) is 0 Å². The highest BCUT2D eigenvalue weighted by atomic mass is 32.2. The summed E-state index contributed by atoms with van der Waals surface area (Å²) in [4.78, 5) is 2.09. The first-order valence-electron chi connectivity index (χ1n) is 8.24. The monoisotopic (exact) mass is 324 g/mol. The second-order valence-electron chi connectivity index (χ2n) is 5.25. The Hall–Kier alpha value is -0.170. The minimum atomic E-state index is -4.01. The Balaban J connectivity index is 0. The summed E-state index contributed by atoms with van der Waals surface area (Å²) in [5.41, 5.74) is 0. The first kappa shape index (κ1) is 23.1. The molecule has 130 valence electrons. The molecule has 0 aliphatic rings. The van der Waals surface area contributed by atoms with E-state index in [1.54, 1.807) is 0 Å². The molecule has 0 atom stereocenters. The van der Waals surface area contributed by atoms with Crippen molar-refractivity contribution in [2.24, 2.45) is 0 Å². The molecule has 0 aromatic heterocycles. The van der Waals surface area contributed by atoms with Gasteiger partial charge in [-0.15, -0.1) is 0 Å². The van der Waals surface area contributed by atoms with Crippen LogP contribution in [0.5, 0.6) is 0 Å². The number of quaternary nitrogens is 1. The molecule has 0 amide bonds. The molecule has 0 aliphatic heterocycles. The third-order valence-electron chi connectivity index (χ3n) is 4.45. The molecule has 0 saturated heterocycles. The molecular formula is C15H36N2O3S. The lowest BCUT2D eigenvalue weighted by Gasteiger charge is -2.34. The van der Waals surface area contributed by atoms with E-state index in [4.69, 9.17) is 0 Å². The summed E-state index contributed by atoms with van der Waals surface area (Å²) in [5, 5.41) is 0. The van der Waals surface area contributed by atoms with Gasteiger partial charge in [0.1, 0.15) is 0 Å². The predicted molar refractivity (Wildman–Crippen MR) is 89.4 cm³/mol. The van der Waals surface area contributed by atoms with Crippen LogP contribution in [0.3, 0.4) is 0 Å². The maximum absolute atomic E-state index is 10.2. The van der Waals surface area contributed by atoms with Crippen LogP contribution in [0.25, 0.3) is 0 Å². The molecule has 0 rings (SSSR count). The van der Waals surface area contributed by atoms with E-state index in [-0.39, 0.29) is 5.75 Å². The van der Waals surface area contributed by atoms with Crippen LogP contribution in [0, 0.1) is 0 Å². The van der Waals surface area contributed by atoms with Crippen molar-refractivity contribution in [1.82, 2.24) is 4.90 Å². The maximum Gasteiger partial charge on any atom is 0.0946 e. The summed E-state index contributed by atoms with van der Waals surface area (Å²) < 4.78 is 31.9. The largest absolute Gasteiger partial charge is 0.748 e. The highest BCUT2D eigenvalue weighted by molar-refractivity contribution is 7.85. The third kappa shape index (κ3) is 12.1. The van der Waals surface area contributed by atoms with Gasteiger partial charge >= 0.3 is 0 Å². The van der Waals surface area contributed by atoms with Gasteiger partial charge < -0.3 is 13.9 Å². The van der Waals surface area contributed by atoms with Crippen LogP contribution < -0.4 is 0 Å². The third-order valence-corrected chi connectivity index (χ3v) is 5.24. The van der Waals surface area contributed by atoms with Crippen LogP contribution in [0.15, 0.2) is 0 Å². The number of rotatable bonds is 10. The summed E-state index contributed by atoms with van der Waals surface area (Å²) >= 11 is 0. The van der Waals surface area contributed by atoms with Gasteiger partial charge in [0.25, 0.3) is 0 Å². The lowest BCUT2D eigenvalue weighted by Crippen LogP contribution is -2.47. The van der Waals surface area contributed by atoms with Gasteiger partial charge in [-0.05, 0) is 53.8 Å². The second-order valence-corrected chi connectivity index (χ2v) is 6.77. The average molecular weight is 325 g/mol. The molecular weight excluding hydrogens is 288 g/mol. The molecule has 5 nitrogen and oxygen atoms in total. The van der Waals surface area contributed by atoms with Crippen molar-refractivity contribution < 1.29 is 17.5 Å². The molecule has 0 spiro atoms. The molecule has 0 aromatic rings. The molecule has 0 heterocycles. The van der Waals surface area contributed by atoms with E-state index in [9.17, 15) is 13.0 Å². The average Bonchev–Trinajstić information content (AvgIpc) is 2.46. The number of hydrogen-bond donors (Lipinski definition) is 0. The Kier molecular flexibility index (Phi) is 13.6. The van der Waals surface area contributed by atoms with Crippen LogP contribution >= 0.6 is 0 Å². The zero-order valence-electron chi connectivity index (χ0n) is 14.9. The van der Waals surface area contributed by atoms with Gasteiger partial charge in [0, 0.05) is 5.75 Å². The van der Waals surface area contributed by atoms with Gasteiger partial charge in [-0.25, -0.2) is 8.42 Å². The molecule has 0 N–H and O–H groups in total. The predicted octanol–water partition coefficient (Wildman–Crippen LogP) is 2.15. The molecule has 0 saturated carbocycles.